The van der Waals surface area contributed by atoms with Crippen LogP contribution in [0, 0.1) is 5.92 Å². The van der Waals surface area contributed by atoms with E-state index < -0.39 is 0 Å². The third-order valence-electron chi connectivity index (χ3n) is 4.86. The van der Waals surface area contributed by atoms with E-state index in [0.29, 0.717) is 5.92 Å². The summed E-state index contributed by atoms with van der Waals surface area (Å²) in [5.74, 6) is 0.784. The molecule has 1 heterocycles. The molecule has 1 aromatic rings. The number of rotatable bonds is 3. The number of fused-ring (bicyclic) bond motifs is 1. The van der Waals surface area contributed by atoms with Crippen LogP contribution >= 0.6 is 11.8 Å². The van der Waals surface area contributed by atoms with Gasteiger partial charge in [0.15, 0.2) is 0 Å². The minimum absolute atomic E-state index is 0.0508. The second-order valence-corrected chi connectivity index (χ2v) is 7.77. The van der Waals surface area contributed by atoms with Gasteiger partial charge in [-0.05, 0) is 49.7 Å². The van der Waals surface area contributed by atoms with Crippen LogP contribution in [0.3, 0.4) is 0 Å². The number of carbonyl (C=O) groups excluding carboxylic acids is 1. The van der Waals surface area contributed by atoms with Crippen LogP contribution in [0.25, 0.3) is 0 Å². The number of benzene rings is 1. The molecule has 0 spiro atoms. The number of amides is 1. The van der Waals surface area contributed by atoms with Crippen LogP contribution in [0.5, 0.6) is 0 Å². The molecule has 0 aromatic heterocycles. The monoisotopic (exact) mass is 305 g/mol. The molecule has 1 unspecified atom stereocenters. The number of hydrogen-bond donors (Lipinski definition) is 2. The zero-order valence-electron chi connectivity index (χ0n) is 12.5. The molecule has 0 radical (unpaired) electrons. The Bertz CT molecular complexity index is 498. The normalized spacial score (nSPS) is 31.7. The summed E-state index contributed by atoms with van der Waals surface area (Å²) in [7, 11) is 0. The number of aliphatic hydroxyl groups is 1. The van der Waals surface area contributed by atoms with Crippen LogP contribution in [-0.4, -0.2) is 28.4 Å². The van der Waals surface area contributed by atoms with Gasteiger partial charge in [-0.2, -0.15) is 0 Å². The molecule has 1 amide bonds. The van der Waals surface area contributed by atoms with E-state index in [4.69, 9.17) is 0 Å². The summed E-state index contributed by atoms with van der Waals surface area (Å²) in [5, 5.41) is 12.9. The van der Waals surface area contributed by atoms with Crippen LogP contribution in [-0.2, 0) is 11.2 Å². The lowest BCUT2D eigenvalue weighted by atomic mass is 9.77. The van der Waals surface area contributed by atoms with Crippen LogP contribution in [0.4, 0.5) is 0 Å². The summed E-state index contributed by atoms with van der Waals surface area (Å²) in [6.07, 6.45) is 4.74. The van der Waals surface area contributed by atoms with E-state index >= 15 is 0 Å². The minimum atomic E-state index is -0.390. The van der Waals surface area contributed by atoms with Gasteiger partial charge >= 0.3 is 0 Å². The first-order chi connectivity index (χ1) is 10.1. The standard InChI is InChI=1S/C17H23NO2S/c1-12-6-8-17(11-19,9-7-12)18-16(20)15-10-13-4-2-3-5-14(13)21-15/h2-5,12,15,19H,6-11H2,1H3,(H,18,20). The molecule has 21 heavy (non-hydrogen) atoms. The van der Waals surface area contributed by atoms with E-state index in [9.17, 15) is 9.90 Å². The zero-order chi connectivity index (χ0) is 14.9. The van der Waals surface area contributed by atoms with Crippen molar-refractivity contribution >= 4 is 17.7 Å². The van der Waals surface area contributed by atoms with Crippen LogP contribution in [0.15, 0.2) is 29.2 Å². The van der Waals surface area contributed by atoms with E-state index in [0.717, 1.165) is 32.1 Å². The number of thioether (sulfide) groups is 1. The van der Waals surface area contributed by atoms with Gasteiger partial charge in [0.1, 0.15) is 0 Å². The van der Waals surface area contributed by atoms with Gasteiger partial charge in [0.2, 0.25) is 5.91 Å². The lowest BCUT2D eigenvalue weighted by Gasteiger charge is -2.39. The molecule has 1 atom stereocenters. The third-order valence-corrected chi connectivity index (χ3v) is 6.18. The lowest BCUT2D eigenvalue weighted by Crippen LogP contribution is -2.55. The summed E-state index contributed by atoms with van der Waals surface area (Å²) in [6, 6.07) is 8.22. The van der Waals surface area contributed by atoms with Crippen molar-refractivity contribution in [3.8, 4) is 0 Å². The Morgan fingerprint density at radius 3 is 2.76 bits per heavy atom. The highest BCUT2D eigenvalue weighted by atomic mass is 32.2. The molecule has 3 rings (SSSR count). The summed E-state index contributed by atoms with van der Waals surface area (Å²) >= 11 is 1.65. The van der Waals surface area contributed by atoms with E-state index in [1.54, 1.807) is 11.8 Å². The van der Waals surface area contributed by atoms with E-state index in [1.807, 2.05) is 12.1 Å². The number of nitrogens with one attached hydrogen (secondary N) is 1. The Morgan fingerprint density at radius 2 is 2.10 bits per heavy atom. The third kappa shape index (κ3) is 3.11. The van der Waals surface area contributed by atoms with Crippen molar-refractivity contribution in [1.29, 1.82) is 0 Å². The lowest BCUT2D eigenvalue weighted by molar-refractivity contribution is -0.123. The molecule has 1 fully saturated rings. The van der Waals surface area contributed by atoms with Gasteiger partial charge < -0.3 is 10.4 Å². The predicted octanol–water partition coefficient (Wildman–Crippen LogP) is 2.76. The van der Waals surface area contributed by atoms with Gasteiger partial charge in [0.25, 0.3) is 0 Å². The highest BCUT2D eigenvalue weighted by Crippen LogP contribution is 2.38. The fourth-order valence-corrected chi connectivity index (χ4v) is 4.50. The summed E-state index contributed by atoms with van der Waals surface area (Å²) in [5.41, 5.74) is 0.872. The highest BCUT2D eigenvalue weighted by Gasteiger charge is 2.38. The van der Waals surface area contributed by atoms with Gasteiger partial charge in [-0.1, -0.05) is 25.1 Å². The molecular formula is C17H23NO2S. The molecular weight excluding hydrogens is 282 g/mol. The number of carbonyl (C=O) groups is 1. The quantitative estimate of drug-likeness (QED) is 0.903. The Balaban J connectivity index is 1.64. The predicted molar refractivity (Wildman–Crippen MR) is 85.4 cm³/mol. The average molecular weight is 305 g/mol. The second-order valence-electron chi connectivity index (χ2n) is 6.53. The van der Waals surface area contributed by atoms with Crippen molar-refractivity contribution in [2.75, 3.05) is 6.61 Å². The SMILES string of the molecule is CC1CCC(CO)(NC(=O)C2Cc3ccccc3S2)CC1. The van der Waals surface area contributed by atoms with Crippen LogP contribution in [0.2, 0.25) is 0 Å². The zero-order valence-corrected chi connectivity index (χ0v) is 13.3. The molecule has 2 N–H and O–H groups in total. The molecule has 1 aliphatic carbocycles. The maximum Gasteiger partial charge on any atom is 0.234 e. The summed E-state index contributed by atoms with van der Waals surface area (Å²) in [6.45, 7) is 2.29. The minimum Gasteiger partial charge on any atom is -0.394 e. The first-order valence-corrected chi connectivity index (χ1v) is 8.67. The first kappa shape index (κ1) is 14.9. The maximum absolute atomic E-state index is 12.6. The second kappa shape index (κ2) is 6.01. The molecule has 1 aromatic carbocycles. The molecule has 1 aliphatic heterocycles. The molecule has 114 valence electrons. The highest BCUT2D eigenvalue weighted by molar-refractivity contribution is 8.01. The molecule has 3 nitrogen and oxygen atoms in total. The van der Waals surface area contributed by atoms with Gasteiger partial charge in [-0.25, -0.2) is 0 Å². The van der Waals surface area contributed by atoms with Crippen molar-refractivity contribution < 1.29 is 9.90 Å². The van der Waals surface area contributed by atoms with Crippen LogP contribution in [0.1, 0.15) is 38.2 Å². The topological polar surface area (TPSA) is 49.3 Å². The van der Waals surface area contributed by atoms with Crippen molar-refractivity contribution in [3.05, 3.63) is 29.8 Å². The Hall–Kier alpha value is -1.00. The van der Waals surface area contributed by atoms with Gasteiger partial charge in [-0.15, -0.1) is 11.8 Å². The van der Waals surface area contributed by atoms with E-state index in [2.05, 4.69) is 24.4 Å². The molecule has 1 saturated carbocycles. The van der Waals surface area contributed by atoms with Crippen molar-refractivity contribution in [2.45, 2.75) is 54.7 Å². The van der Waals surface area contributed by atoms with Gasteiger partial charge in [0.05, 0.1) is 17.4 Å². The maximum atomic E-state index is 12.6. The average Bonchev–Trinajstić information content (AvgIpc) is 2.94. The molecule has 0 bridgehead atoms. The Labute approximate surface area is 130 Å². The molecule has 2 aliphatic rings. The molecule has 0 saturated heterocycles. The van der Waals surface area contributed by atoms with Crippen molar-refractivity contribution in [2.24, 2.45) is 5.92 Å². The van der Waals surface area contributed by atoms with E-state index in [-0.39, 0.29) is 23.3 Å². The fraction of sp³-hybridized carbons (Fsp3) is 0.588. The number of hydrogen-bond acceptors (Lipinski definition) is 3. The summed E-state index contributed by atoms with van der Waals surface area (Å²) in [4.78, 5) is 13.8. The van der Waals surface area contributed by atoms with Gasteiger partial charge in [-0.3, -0.25) is 4.79 Å². The fourth-order valence-electron chi connectivity index (χ4n) is 3.31. The molecule has 4 heteroatoms. The van der Waals surface area contributed by atoms with E-state index in [1.165, 1.54) is 10.5 Å². The smallest absolute Gasteiger partial charge is 0.234 e. The summed E-state index contributed by atoms with van der Waals surface area (Å²) < 4.78 is 0. The van der Waals surface area contributed by atoms with Crippen molar-refractivity contribution in [1.82, 2.24) is 5.32 Å². The Morgan fingerprint density at radius 1 is 1.38 bits per heavy atom. The first-order valence-electron chi connectivity index (χ1n) is 7.79. The Kier molecular flexibility index (Phi) is 4.27. The van der Waals surface area contributed by atoms with Crippen molar-refractivity contribution in [3.63, 3.8) is 0 Å². The largest absolute Gasteiger partial charge is 0.394 e. The number of aliphatic hydroxyl groups excluding tert-OH is 1. The van der Waals surface area contributed by atoms with Gasteiger partial charge in [0, 0.05) is 4.90 Å². The van der Waals surface area contributed by atoms with Crippen LogP contribution < -0.4 is 5.32 Å².